The summed E-state index contributed by atoms with van der Waals surface area (Å²) in [5.74, 6) is -0.357. The molecule has 0 radical (unpaired) electrons. The fourth-order valence-electron chi connectivity index (χ4n) is 1.97. The van der Waals surface area contributed by atoms with E-state index in [0.29, 0.717) is 11.2 Å². The molecule has 112 valence electrons. The number of ether oxygens (including phenoxy) is 1. The lowest BCUT2D eigenvalue weighted by atomic mass is 10.3. The molecule has 5 nitrogen and oxygen atoms in total. The molecule has 0 bridgehead atoms. The van der Waals surface area contributed by atoms with Crippen molar-refractivity contribution in [1.82, 2.24) is 14.5 Å². The average Bonchev–Trinajstić information content (AvgIpc) is 2.47. The highest BCUT2D eigenvalue weighted by Crippen LogP contribution is 2.23. The Labute approximate surface area is 121 Å². The quantitative estimate of drug-likeness (QED) is 0.730. The largest absolute Gasteiger partial charge is 0.573 e. The van der Waals surface area contributed by atoms with E-state index in [4.69, 9.17) is 0 Å². The van der Waals surface area contributed by atoms with Gasteiger partial charge in [0.2, 0.25) is 0 Å². The molecule has 0 saturated heterocycles. The van der Waals surface area contributed by atoms with E-state index in [0.717, 1.165) is 12.1 Å². The average molecular weight is 307 g/mol. The Kier molecular flexibility index (Phi) is 3.28. The van der Waals surface area contributed by atoms with Gasteiger partial charge in [0.1, 0.15) is 5.75 Å². The SMILES string of the molecule is O=c1c2nccnc2ccn1-c1ccc(OC(F)(F)F)cc1. The summed E-state index contributed by atoms with van der Waals surface area (Å²) in [6.07, 6.45) is -0.403. The zero-order valence-electron chi connectivity index (χ0n) is 10.9. The van der Waals surface area contributed by atoms with Crippen molar-refractivity contribution in [3.05, 3.63) is 59.3 Å². The van der Waals surface area contributed by atoms with Crippen molar-refractivity contribution >= 4 is 11.0 Å². The Balaban J connectivity index is 2.01. The molecule has 0 aliphatic carbocycles. The van der Waals surface area contributed by atoms with Gasteiger partial charge in [-0.05, 0) is 30.3 Å². The highest BCUT2D eigenvalue weighted by Gasteiger charge is 2.30. The summed E-state index contributed by atoms with van der Waals surface area (Å²) in [7, 11) is 0. The number of halogens is 3. The van der Waals surface area contributed by atoms with Crippen LogP contribution >= 0.6 is 0 Å². The van der Waals surface area contributed by atoms with Crippen LogP contribution in [0.25, 0.3) is 16.7 Å². The Morgan fingerprint density at radius 3 is 2.36 bits per heavy atom. The van der Waals surface area contributed by atoms with Gasteiger partial charge in [0, 0.05) is 24.3 Å². The summed E-state index contributed by atoms with van der Waals surface area (Å²) in [5, 5.41) is 0. The molecule has 0 spiro atoms. The third kappa shape index (κ3) is 2.76. The van der Waals surface area contributed by atoms with Crippen molar-refractivity contribution in [3.63, 3.8) is 0 Å². The maximum atomic E-state index is 12.3. The van der Waals surface area contributed by atoms with Crippen LogP contribution in [0.1, 0.15) is 0 Å². The second-order valence-electron chi connectivity index (χ2n) is 4.32. The topological polar surface area (TPSA) is 57.0 Å². The molecular formula is C14H8F3N3O2. The molecule has 1 aromatic carbocycles. The van der Waals surface area contributed by atoms with E-state index in [1.807, 2.05) is 0 Å². The molecule has 0 aliphatic heterocycles. The van der Waals surface area contributed by atoms with Gasteiger partial charge in [-0.2, -0.15) is 0 Å². The van der Waals surface area contributed by atoms with Crippen molar-refractivity contribution in [2.45, 2.75) is 6.36 Å². The Morgan fingerprint density at radius 2 is 1.68 bits per heavy atom. The molecular weight excluding hydrogens is 299 g/mol. The number of benzene rings is 1. The molecule has 0 amide bonds. The summed E-state index contributed by atoms with van der Waals surface area (Å²) in [6, 6.07) is 6.57. The normalized spacial score (nSPS) is 11.6. The Hall–Kier alpha value is -2.90. The number of hydrogen-bond donors (Lipinski definition) is 0. The summed E-state index contributed by atoms with van der Waals surface area (Å²) in [4.78, 5) is 20.3. The summed E-state index contributed by atoms with van der Waals surface area (Å²) >= 11 is 0. The lowest BCUT2D eigenvalue weighted by Crippen LogP contribution is -2.19. The van der Waals surface area contributed by atoms with Crippen LogP contribution in [-0.2, 0) is 0 Å². The molecule has 0 atom stereocenters. The summed E-state index contributed by atoms with van der Waals surface area (Å²) in [5.41, 5.74) is 0.614. The van der Waals surface area contributed by atoms with Crippen LogP contribution in [-0.4, -0.2) is 20.9 Å². The van der Waals surface area contributed by atoms with Crippen molar-refractivity contribution in [2.24, 2.45) is 0 Å². The monoisotopic (exact) mass is 307 g/mol. The predicted octanol–water partition coefficient (Wildman–Crippen LogP) is 2.68. The molecule has 3 rings (SSSR count). The first-order chi connectivity index (χ1) is 10.4. The van der Waals surface area contributed by atoms with Crippen LogP contribution in [0.5, 0.6) is 5.75 Å². The van der Waals surface area contributed by atoms with Crippen molar-refractivity contribution in [2.75, 3.05) is 0 Å². The maximum Gasteiger partial charge on any atom is 0.573 e. The number of aromatic nitrogens is 3. The first-order valence-corrected chi connectivity index (χ1v) is 6.13. The molecule has 0 N–H and O–H groups in total. The van der Waals surface area contributed by atoms with E-state index < -0.39 is 11.9 Å². The second-order valence-corrected chi connectivity index (χ2v) is 4.32. The van der Waals surface area contributed by atoms with Gasteiger partial charge in [-0.15, -0.1) is 13.2 Å². The fourth-order valence-corrected chi connectivity index (χ4v) is 1.97. The molecule has 0 saturated carbocycles. The molecule has 22 heavy (non-hydrogen) atoms. The third-order valence-electron chi connectivity index (χ3n) is 2.88. The standard InChI is InChI=1S/C14H8F3N3O2/c15-14(16,17)22-10-3-1-9(2-4-10)20-8-5-11-12(13(20)21)19-7-6-18-11/h1-8H. The van der Waals surface area contributed by atoms with Crippen LogP contribution in [0.2, 0.25) is 0 Å². The van der Waals surface area contributed by atoms with E-state index >= 15 is 0 Å². The van der Waals surface area contributed by atoms with Gasteiger partial charge in [0.25, 0.3) is 5.56 Å². The number of pyridine rings is 1. The van der Waals surface area contributed by atoms with Gasteiger partial charge in [0.05, 0.1) is 5.52 Å². The fraction of sp³-hybridized carbons (Fsp3) is 0.0714. The minimum Gasteiger partial charge on any atom is -0.406 e. The number of hydrogen-bond acceptors (Lipinski definition) is 4. The summed E-state index contributed by atoms with van der Waals surface area (Å²) in [6.45, 7) is 0. The Bertz CT molecular complexity index is 873. The van der Waals surface area contributed by atoms with Gasteiger partial charge in [-0.1, -0.05) is 0 Å². The van der Waals surface area contributed by atoms with Crippen LogP contribution in [0.15, 0.2) is 53.7 Å². The molecule has 2 aromatic heterocycles. The summed E-state index contributed by atoms with van der Waals surface area (Å²) < 4.78 is 41.4. The van der Waals surface area contributed by atoms with Crippen LogP contribution in [0, 0.1) is 0 Å². The molecule has 8 heteroatoms. The van der Waals surface area contributed by atoms with Crippen molar-refractivity contribution in [3.8, 4) is 11.4 Å². The highest BCUT2D eigenvalue weighted by atomic mass is 19.4. The zero-order valence-corrected chi connectivity index (χ0v) is 10.9. The highest BCUT2D eigenvalue weighted by molar-refractivity contribution is 5.72. The predicted molar refractivity (Wildman–Crippen MR) is 71.8 cm³/mol. The van der Waals surface area contributed by atoms with E-state index in [2.05, 4.69) is 14.7 Å². The van der Waals surface area contributed by atoms with Crippen LogP contribution in [0.4, 0.5) is 13.2 Å². The van der Waals surface area contributed by atoms with E-state index in [1.165, 1.54) is 35.3 Å². The zero-order chi connectivity index (χ0) is 15.7. The minimum atomic E-state index is -4.75. The van der Waals surface area contributed by atoms with Gasteiger partial charge in [0.15, 0.2) is 5.52 Å². The lowest BCUT2D eigenvalue weighted by molar-refractivity contribution is -0.274. The second kappa shape index (κ2) is 5.14. The maximum absolute atomic E-state index is 12.3. The number of alkyl halides is 3. The third-order valence-corrected chi connectivity index (χ3v) is 2.88. The first kappa shape index (κ1) is 14.1. The van der Waals surface area contributed by atoms with Gasteiger partial charge in [-0.25, -0.2) is 4.98 Å². The lowest BCUT2D eigenvalue weighted by Gasteiger charge is -2.10. The first-order valence-electron chi connectivity index (χ1n) is 6.13. The number of fused-ring (bicyclic) bond motifs is 1. The smallest absolute Gasteiger partial charge is 0.406 e. The van der Waals surface area contributed by atoms with E-state index in [-0.39, 0.29) is 11.3 Å². The minimum absolute atomic E-state index is 0.181. The van der Waals surface area contributed by atoms with Crippen LogP contribution in [0.3, 0.4) is 0 Å². The molecule has 3 aromatic rings. The molecule has 0 unspecified atom stereocenters. The van der Waals surface area contributed by atoms with E-state index in [1.54, 1.807) is 6.07 Å². The molecule has 0 aliphatic rings. The van der Waals surface area contributed by atoms with Gasteiger partial charge in [-0.3, -0.25) is 14.3 Å². The number of rotatable bonds is 2. The van der Waals surface area contributed by atoms with Gasteiger partial charge < -0.3 is 4.74 Å². The van der Waals surface area contributed by atoms with Crippen molar-refractivity contribution in [1.29, 1.82) is 0 Å². The number of nitrogens with zero attached hydrogens (tertiary/aromatic N) is 3. The van der Waals surface area contributed by atoms with Gasteiger partial charge >= 0.3 is 6.36 Å². The van der Waals surface area contributed by atoms with Crippen molar-refractivity contribution < 1.29 is 17.9 Å². The molecule has 2 heterocycles. The Morgan fingerprint density at radius 1 is 1.00 bits per heavy atom. The van der Waals surface area contributed by atoms with Crippen LogP contribution < -0.4 is 10.3 Å². The van der Waals surface area contributed by atoms with E-state index in [9.17, 15) is 18.0 Å². The molecule has 0 fully saturated rings.